The first kappa shape index (κ1) is 12.2. The van der Waals surface area contributed by atoms with E-state index in [1.165, 1.54) is 0 Å². The topological polar surface area (TPSA) is 50.1 Å². The van der Waals surface area contributed by atoms with Crippen LogP contribution in [0.15, 0.2) is 12.4 Å². The van der Waals surface area contributed by atoms with Crippen molar-refractivity contribution in [2.24, 2.45) is 0 Å². The molecule has 0 radical (unpaired) electrons. The molecule has 0 aliphatic carbocycles. The Balaban J connectivity index is 2.59. The molecule has 0 aliphatic heterocycles. The Hall–Kier alpha value is -0.870. The van der Waals surface area contributed by atoms with Crippen LogP contribution in [0.5, 0.6) is 0 Å². The van der Waals surface area contributed by atoms with Crippen LogP contribution >= 0.6 is 0 Å². The van der Waals surface area contributed by atoms with E-state index in [2.05, 4.69) is 21.8 Å². The van der Waals surface area contributed by atoms with E-state index in [-0.39, 0.29) is 0 Å². The molecule has 0 bridgehead atoms. The predicted molar refractivity (Wildman–Crippen MR) is 60.8 cm³/mol. The quantitative estimate of drug-likeness (QED) is 0.732. The molecular weight excluding hydrogens is 190 g/mol. The summed E-state index contributed by atoms with van der Waals surface area (Å²) in [4.78, 5) is 4.26. The summed E-state index contributed by atoms with van der Waals surface area (Å²) in [6, 6.07) is 0. The molecule has 86 valence electrons. The minimum atomic E-state index is -0.679. The van der Waals surface area contributed by atoms with Crippen LogP contribution in [0.2, 0.25) is 0 Å². The molecule has 1 heterocycles. The lowest BCUT2D eigenvalue weighted by atomic mass is 9.98. The minimum absolute atomic E-state index is 0.607. The van der Waals surface area contributed by atoms with Crippen LogP contribution in [0, 0.1) is 0 Å². The van der Waals surface area contributed by atoms with Gasteiger partial charge in [0.1, 0.15) is 5.82 Å². The number of hydrogen-bond donors (Lipinski definition) is 2. The maximum atomic E-state index is 10.1. The standard InChI is InChI=1S/C11H21N3O/c1-4-14-8-7-13-10(14)9-11(2,15)5-6-12-3/h7-8,12,15H,4-6,9H2,1-3H3. The highest BCUT2D eigenvalue weighted by Crippen LogP contribution is 2.15. The van der Waals surface area contributed by atoms with Gasteiger partial charge in [0.05, 0.1) is 5.60 Å². The summed E-state index contributed by atoms with van der Waals surface area (Å²) in [6.07, 6.45) is 5.08. The lowest BCUT2D eigenvalue weighted by Gasteiger charge is -2.23. The summed E-state index contributed by atoms with van der Waals surface area (Å²) in [5.41, 5.74) is -0.679. The van der Waals surface area contributed by atoms with E-state index in [0.717, 1.165) is 25.3 Å². The van der Waals surface area contributed by atoms with Crippen molar-refractivity contribution in [2.45, 2.75) is 38.8 Å². The Labute approximate surface area is 91.3 Å². The van der Waals surface area contributed by atoms with Crippen LogP contribution in [0.1, 0.15) is 26.1 Å². The average Bonchev–Trinajstić information content (AvgIpc) is 2.61. The number of nitrogens with zero attached hydrogens (tertiary/aromatic N) is 2. The van der Waals surface area contributed by atoms with Gasteiger partial charge in [0.2, 0.25) is 0 Å². The summed E-state index contributed by atoms with van der Waals surface area (Å²) in [5.74, 6) is 0.957. The second-order valence-electron chi connectivity index (χ2n) is 4.16. The largest absolute Gasteiger partial charge is 0.390 e. The summed E-state index contributed by atoms with van der Waals surface area (Å²) in [6.45, 7) is 5.66. The SMILES string of the molecule is CCn1ccnc1CC(C)(O)CCNC. The first-order valence-corrected chi connectivity index (χ1v) is 5.46. The van der Waals surface area contributed by atoms with Crippen molar-refractivity contribution in [1.82, 2.24) is 14.9 Å². The third kappa shape index (κ3) is 3.64. The van der Waals surface area contributed by atoms with Crippen LogP contribution in [0.3, 0.4) is 0 Å². The van der Waals surface area contributed by atoms with Gasteiger partial charge in [0, 0.05) is 25.4 Å². The smallest absolute Gasteiger partial charge is 0.111 e. The van der Waals surface area contributed by atoms with E-state index in [4.69, 9.17) is 0 Å². The highest BCUT2D eigenvalue weighted by molar-refractivity contribution is 4.97. The second-order valence-corrected chi connectivity index (χ2v) is 4.16. The first-order valence-electron chi connectivity index (χ1n) is 5.46. The van der Waals surface area contributed by atoms with Crippen molar-refractivity contribution in [3.8, 4) is 0 Å². The normalized spacial score (nSPS) is 15.2. The van der Waals surface area contributed by atoms with Crippen molar-refractivity contribution in [3.63, 3.8) is 0 Å². The minimum Gasteiger partial charge on any atom is -0.390 e. The van der Waals surface area contributed by atoms with E-state index in [1.807, 2.05) is 20.2 Å². The van der Waals surface area contributed by atoms with Crippen molar-refractivity contribution >= 4 is 0 Å². The van der Waals surface area contributed by atoms with E-state index in [0.29, 0.717) is 6.42 Å². The van der Waals surface area contributed by atoms with E-state index < -0.39 is 5.60 Å². The fourth-order valence-electron chi connectivity index (χ4n) is 1.62. The molecule has 0 aliphatic rings. The molecule has 15 heavy (non-hydrogen) atoms. The van der Waals surface area contributed by atoms with Gasteiger partial charge in [0.25, 0.3) is 0 Å². The molecule has 1 aromatic heterocycles. The zero-order valence-electron chi connectivity index (χ0n) is 9.82. The third-order valence-electron chi connectivity index (χ3n) is 2.59. The van der Waals surface area contributed by atoms with E-state index in [9.17, 15) is 5.11 Å². The lowest BCUT2D eigenvalue weighted by molar-refractivity contribution is 0.0492. The van der Waals surface area contributed by atoms with Gasteiger partial charge >= 0.3 is 0 Å². The zero-order chi connectivity index (χ0) is 11.3. The van der Waals surface area contributed by atoms with Gasteiger partial charge in [-0.2, -0.15) is 0 Å². The lowest BCUT2D eigenvalue weighted by Crippen LogP contribution is -2.32. The maximum absolute atomic E-state index is 10.1. The Bertz CT molecular complexity index is 294. The number of aliphatic hydroxyl groups is 1. The average molecular weight is 211 g/mol. The third-order valence-corrected chi connectivity index (χ3v) is 2.59. The fourth-order valence-corrected chi connectivity index (χ4v) is 1.62. The molecule has 0 spiro atoms. The molecule has 1 aromatic rings. The molecule has 0 amide bonds. The van der Waals surface area contributed by atoms with Crippen LogP contribution in [-0.4, -0.2) is 33.9 Å². The van der Waals surface area contributed by atoms with E-state index in [1.54, 1.807) is 6.20 Å². The van der Waals surface area contributed by atoms with Crippen LogP contribution in [0.25, 0.3) is 0 Å². The highest BCUT2D eigenvalue weighted by Gasteiger charge is 2.22. The van der Waals surface area contributed by atoms with Gasteiger partial charge in [-0.15, -0.1) is 0 Å². The number of aryl methyl sites for hydroxylation is 1. The molecule has 4 heteroatoms. The molecular formula is C11H21N3O. The van der Waals surface area contributed by atoms with Gasteiger partial charge in [0.15, 0.2) is 0 Å². The maximum Gasteiger partial charge on any atom is 0.111 e. The van der Waals surface area contributed by atoms with Gasteiger partial charge < -0.3 is 15.0 Å². The van der Waals surface area contributed by atoms with Crippen LogP contribution in [-0.2, 0) is 13.0 Å². The summed E-state index contributed by atoms with van der Waals surface area (Å²) < 4.78 is 2.06. The van der Waals surface area contributed by atoms with Gasteiger partial charge in [-0.05, 0) is 33.9 Å². The molecule has 0 saturated carbocycles. The number of hydrogen-bond acceptors (Lipinski definition) is 3. The molecule has 1 unspecified atom stereocenters. The molecule has 0 saturated heterocycles. The van der Waals surface area contributed by atoms with Gasteiger partial charge in [-0.1, -0.05) is 0 Å². The Kier molecular flexibility index (Phi) is 4.29. The van der Waals surface area contributed by atoms with Crippen molar-refractivity contribution in [3.05, 3.63) is 18.2 Å². The summed E-state index contributed by atoms with van der Waals surface area (Å²) in [5, 5.41) is 13.2. The molecule has 0 fully saturated rings. The first-order chi connectivity index (χ1) is 7.09. The molecule has 1 atom stereocenters. The molecule has 2 N–H and O–H groups in total. The Morgan fingerprint density at radius 1 is 1.60 bits per heavy atom. The van der Waals surface area contributed by atoms with Crippen LogP contribution in [0.4, 0.5) is 0 Å². The van der Waals surface area contributed by atoms with Crippen molar-refractivity contribution in [2.75, 3.05) is 13.6 Å². The van der Waals surface area contributed by atoms with E-state index >= 15 is 0 Å². The molecule has 4 nitrogen and oxygen atoms in total. The van der Waals surface area contributed by atoms with Crippen molar-refractivity contribution in [1.29, 1.82) is 0 Å². The molecule has 0 aromatic carbocycles. The number of rotatable bonds is 6. The Morgan fingerprint density at radius 2 is 2.33 bits per heavy atom. The fraction of sp³-hybridized carbons (Fsp3) is 0.727. The van der Waals surface area contributed by atoms with Gasteiger partial charge in [-0.25, -0.2) is 4.98 Å². The second kappa shape index (κ2) is 5.28. The molecule has 1 rings (SSSR count). The van der Waals surface area contributed by atoms with Crippen LogP contribution < -0.4 is 5.32 Å². The number of nitrogens with one attached hydrogen (secondary N) is 1. The monoisotopic (exact) mass is 211 g/mol. The zero-order valence-corrected chi connectivity index (χ0v) is 9.82. The number of imidazole rings is 1. The number of aromatic nitrogens is 2. The predicted octanol–water partition coefficient (Wildman–Crippen LogP) is 0.806. The van der Waals surface area contributed by atoms with Gasteiger partial charge in [-0.3, -0.25) is 0 Å². The summed E-state index contributed by atoms with van der Waals surface area (Å²) in [7, 11) is 1.89. The Morgan fingerprint density at radius 3 is 2.93 bits per heavy atom. The van der Waals surface area contributed by atoms with Crippen molar-refractivity contribution < 1.29 is 5.11 Å². The highest BCUT2D eigenvalue weighted by atomic mass is 16.3. The summed E-state index contributed by atoms with van der Waals surface area (Å²) >= 11 is 0.